The van der Waals surface area contributed by atoms with Crippen LogP contribution in [-0.2, 0) is 16.6 Å². The van der Waals surface area contributed by atoms with Gasteiger partial charge >= 0.3 is 0 Å². The molecule has 0 aliphatic rings. The molecule has 2 N–H and O–H groups in total. The molecular weight excluding hydrogens is 258 g/mol. The lowest BCUT2D eigenvalue weighted by Crippen LogP contribution is -2.31. The van der Waals surface area contributed by atoms with Gasteiger partial charge in [0.15, 0.2) is 0 Å². The summed E-state index contributed by atoms with van der Waals surface area (Å²) in [5.41, 5.74) is 0.716. The molecule has 6 heteroatoms. The molecule has 1 heterocycles. The first-order valence-electron chi connectivity index (χ1n) is 5.35. The number of aryl methyl sites for hydroxylation is 1. The minimum absolute atomic E-state index is 0.0980. The van der Waals surface area contributed by atoms with Crippen LogP contribution in [0.1, 0.15) is 31.2 Å². The van der Waals surface area contributed by atoms with E-state index in [9.17, 15) is 8.42 Å². The Morgan fingerprint density at radius 1 is 1.41 bits per heavy atom. The molecule has 0 radical (unpaired) electrons. The van der Waals surface area contributed by atoms with Gasteiger partial charge < -0.3 is 5.11 Å². The number of thiophene rings is 1. The summed E-state index contributed by atoms with van der Waals surface area (Å²) in [5.74, 6) is 0. The van der Waals surface area contributed by atoms with E-state index in [-0.39, 0.29) is 16.2 Å². The van der Waals surface area contributed by atoms with Crippen LogP contribution in [0.3, 0.4) is 0 Å². The van der Waals surface area contributed by atoms with Crippen LogP contribution in [0, 0.1) is 12.3 Å². The van der Waals surface area contributed by atoms with Gasteiger partial charge in [0.25, 0.3) is 0 Å². The molecule has 0 aromatic carbocycles. The molecule has 17 heavy (non-hydrogen) atoms. The van der Waals surface area contributed by atoms with Gasteiger partial charge in [0.1, 0.15) is 4.21 Å². The van der Waals surface area contributed by atoms with E-state index < -0.39 is 10.0 Å². The Morgan fingerprint density at radius 2 is 2.00 bits per heavy atom. The second kappa shape index (κ2) is 5.06. The lowest BCUT2D eigenvalue weighted by Gasteiger charge is -2.18. The second-order valence-corrected chi connectivity index (χ2v) is 8.35. The summed E-state index contributed by atoms with van der Waals surface area (Å²) in [6.07, 6.45) is 0. The second-order valence-electron chi connectivity index (χ2n) is 5.21. The molecule has 0 atom stereocenters. The largest absolute Gasteiger partial charge is 0.391 e. The molecule has 0 unspecified atom stereocenters. The summed E-state index contributed by atoms with van der Waals surface area (Å²) < 4.78 is 26.8. The van der Waals surface area contributed by atoms with Crippen LogP contribution >= 0.6 is 11.3 Å². The normalized spacial score (nSPS) is 13.0. The van der Waals surface area contributed by atoms with Crippen LogP contribution < -0.4 is 4.72 Å². The Balaban J connectivity index is 2.90. The molecule has 0 aliphatic carbocycles. The summed E-state index contributed by atoms with van der Waals surface area (Å²) in [5, 5.41) is 9.05. The van der Waals surface area contributed by atoms with Gasteiger partial charge in [0.05, 0.1) is 6.61 Å². The molecule has 0 fully saturated rings. The zero-order valence-corrected chi connectivity index (χ0v) is 12.2. The maximum Gasteiger partial charge on any atom is 0.250 e. The molecule has 0 saturated carbocycles. The first-order valence-corrected chi connectivity index (χ1v) is 7.65. The summed E-state index contributed by atoms with van der Waals surface area (Å²) in [4.78, 5) is 0.695. The van der Waals surface area contributed by atoms with Crippen LogP contribution in [0.2, 0.25) is 0 Å². The van der Waals surface area contributed by atoms with Gasteiger partial charge in [0.2, 0.25) is 10.0 Å². The minimum atomic E-state index is -3.45. The Bertz CT molecular complexity index is 483. The average Bonchev–Trinajstić information content (AvgIpc) is 2.56. The summed E-state index contributed by atoms with van der Waals surface area (Å²) in [7, 11) is -3.45. The highest BCUT2D eigenvalue weighted by atomic mass is 32.2. The van der Waals surface area contributed by atoms with Gasteiger partial charge in [-0.25, -0.2) is 13.1 Å². The smallest absolute Gasteiger partial charge is 0.250 e. The van der Waals surface area contributed by atoms with Crippen LogP contribution in [0.5, 0.6) is 0 Å². The van der Waals surface area contributed by atoms with Crippen molar-refractivity contribution in [3.05, 3.63) is 16.5 Å². The molecule has 0 saturated heterocycles. The molecule has 0 bridgehead atoms. The number of hydrogen-bond donors (Lipinski definition) is 2. The van der Waals surface area contributed by atoms with E-state index in [1.807, 2.05) is 20.8 Å². The molecule has 1 aromatic rings. The minimum Gasteiger partial charge on any atom is -0.391 e. The van der Waals surface area contributed by atoms with Crippen molar-refractivity contribution in [2.45, 2.75) is 38.5 Å². The average molecular weight is 277 g/mol. The number of nitrogens with one attached hydrogen (secondary N) is 1. The van der Waals surface area contributed by atoms with E-state index in [0.717, 1.165) is 16.9 Å². The quantitative estimate of drug-likeness (QED) is 0.883. The van der Waals surface area contributed by atoms with Crippen molar-refractivity contribution in [2.24, 2.45) is 5.41 Å². The van der Waals surface area contributed by atoms with E-state index in [0.29, 0.717) is 11.4 Å². The van der Waals surface area contributed by atoms with Gasteiger partial charge in [-0.05, 0) is 24.0 Å². The highest BCUT2D eigenvalue weighted by Gasteiger charge is 2.21. The maximum atomic E-state index is 12.0. The van der Waals surface area contributed by atoms with Gasteiger partial charge in [-0.2, -0.15) is 0 Å². The molecule has 1 aromatic heterocycles. The Hall–Kier alpha value is -0.430. The Morgan fingerprint density at radius 3 is 2.41 bits per heavy atom. The number of aliphatic hydroxyl groups excluding tert-OH is 1. The number of hydrogen-bond acceptors (Lipinski definition) is 4. The highest BCUT2D eigenvalue weighted by Crippen LogP contribution is 2.26. The predicted octanol–water partition coefficient (Wildman–Crippen LogP) is 1.87. The SMILES string of the molecule is Cc1cc(S(=O)(=O)NCC(C)(C)C)sc1CO. The Kier molecular flexibility index (Phi) is 4.35. The van der Waals surface area contributed by atoms with Crippen LogP contribution in [0.15, 0.2) is 10.3 Å². The third-order valence-electron chi connectivity index (χ3n) is 2.20. The molecule has 1 rings (SSSR count). The fraction of sp³-hybridized carbons (Fsp3) is 0.636. The van der Waals surface area contributed by atoms with E-state index in [4.69, 9.17) is 5.11 Å². The van der Waals surface area contributed by atoms with E-state index in [1.54, 1.807) is 13.0 Å². The molecule has 0 aliphatic heterocycles. The number of sulfonamides is 1. The lowest BCUT2D eigenvalue weighted by molar-refractivity contribution is 0.285. The molecule has 4 nitrogen and oxygen atoms in total. The van der Waals surface area contributed by atoms with Crippen molar-refractivity contribution < 1.29 is 13.5 Å². The number of aliphatic hydroxyl groups is 1. The van der Waals surface area contributed by atoms with Crippen molar-refractivity contribution >= 4 is 21.4 Å². The summed E-state index contributed by atoms with van der Waals surface area (Å²) in [6.45, 7) is 7.97. The van der Waals surface area contributed by atoms with Gasteiger partial charge in [-0.1, -0.05) is 20.8 Å². The molecular formula is C11H19NO3S2. The van der Waals surface area contributed by atoms with Crippen molar-refractivity contribution in [3.8, 4) is 0 Å². The summed E-state index contributed by atoms with van der Waals surface area (Å²) >= 11 is 1.12. The third-order valence-corrected chi connectivity index (χ3v) is 5.30. The van der Waals surface area contributed by atoms with E-state index in [1.165, 1.54) is 0 Å². The first kappa shape index (κ1) is 14.6. The van der Waals surface area contributed by atoms with Crippen LogP contribution in [0.25, 0.3) is 0 Å². The predicted molar refractivity (Wildman–Crippen MR) is 69.6 cm³/mol. The highest BCUT2D eigenvalue weighted by molar-refractivity contribution is 7.91. The first-order chi connectivity index (χ1) is 7.65. The van der Waals surface area contributed by atoms with E-state index in [2.05, 4.69) is 4.72 Å². The lowest BCUT2D eigenvalue weighted by atomic mass is 9.98. The van der Waals surface area contributed by atoms with Crippen molar-refractivity contribution in [1.82, 2.24) is 4.72 Å². The Labute approximate surface area is 107 Å². The molecule has 0 spiro atoms. The van der Waals surface area contributed by atoms with Crippen molar-refractivity contribution in [3.63, 3.8) is 0 Å². The fourth-order valence-corrected chi connectivity index (χ4v) is 3.94. The zero-order chi connectivity index (χ0) is 13.3. The van der Waals surface area contributed by atoms with Crippen LogP contribution in [0.4, 0.5) is 0 Å². The fourth-order valence-electron chi connectivity index (χ4n) is 1.16. The van der Waals surface area contributed by atoms with Gasteiger partial charge in [-0.15, -0.1) is 11.3 Å². The standard InChI is InChI=1S/C11H19NO3S2/c1-8-5-10(16-9(8)6-13)17(14,15)12-7-11(2,3)4/h5,12-13H,6-7H2,1-4H3. The van der Waals surface area contributed by atoms with Gasteiger partial charge in [-0.3, -0.25) is 0 Å². The number of rotatable bonds is 4. The molecule has 98 valence electrons. The zero-order valence-electron chi connectivity index (χ0n) is 10.6. The van der Waals surface area contributed by atoms with Gasteiger partial charge in [0, 0.05) is 11.4 Å². The summed E-state index contributed by atoms with van der Waals surface area (Å²) in [6, 6.07) is 1.60. The topological polar surface area (TPSA) is 66.4 Å². The third kappa shape index (κ3) is 4.06. The maximum absolute atomic E-state index is 12.0. The van der Waals surface area contributed by atoms with Crippen molar-refractivity contribution in [2.75, 3.05) is 6.54 Å². The van der Waals surface area contributed by atoms with Crippen molar-refractivity contribution in [1.29, 1.82) is 0 Å². The molecule has 0 amide bonds. The van der Waals surface area contributed by atoms with Crippen LogP contribution in [-0.4, -0.2) is 20.1 Å². The van der Waals surface area contributed by atoms with E-state index >= 15 is 0 Å². The monoisotopic (exact) mass is 277 g/mol.